The maximum Gasteiger partial charge on any atom is 0.158 e. The highest BCUT2D eigenvalue weighted by atomic mass is 79.9. The van der Waals surface area contributed by atoms with Gasteiger partial charge in [0.05, 0.1) is 15.4 Å². The van der Waals surface area contributed by atoms with Gasteiger partial charge in [-0.3, -0.25) is 5.43 Å². The summed E-state index contributed by atoms with van der Waals surface area (Å²) in [7, 11) is 0. The summed E-state index contributed by atoms with van der Waals surface area (Å²) in [6.45, 7) is 2.14. The first-order valence-electron chi connectivity index (χ1n) is 6.04. The van der Waals surface area contributed by atoms with Gasteiger partial charge in [-0.1, -0.05) is 6.92 Å². The van der Waals surface area contributed by atoms with E-state index in [0.29, 0.717) is 0 Å². The summed E-state index contributed by atoms with van der Waals surface area (Å²) in [6, 6.07) is 6.14. The minimum absolute atomic E-state index is 0.748. The molecule has 3 rings (SSSR count). The van der Waals surface area contributed by atoms with Gasteiger partial charge in [-0.2, -0.15) is 5.10 Å². The lowest BCUT2D eigenvalue weighted by atomic mass is 10.3. The highest BCUT2D eigenvalue weighted by Crippen LogP contribution is 2.28. The number of nitrogens with zero attached hydrogens (tertiary/aromatic N) is 3. The van der Waals surface area contributed by atoms with Gasteiger partial charge in [0.1, 0.15) is 11.2 Å². The number of hydrogen-bond donors (Lipinski definition) is 1. The van der Waals surface area contributed by atoms with Crippen molar-refractivity contribution in [2.24, 2.45) is 5.10 Å². The smallest absolute Gasteiger partial charge is 0.158 e. The molecule has 3 aromatic heterocycles. The summed E-state index contributed by atoms with van der Waals surface area (Å²) in [6.07, 6.45) is 4.36. The molecule has 0 amide bonds. The first kappa shape index (κ1) is 13.7. The van der Waals surface area contributed by atoms with Crippen LogP contribution in [-0.4, -0.2) is 16.2 Å². The van der Waals surface area contributed by atoms with E-state index in [1.54, 1.807) is 35.2 Å². The first-order valence-corrected chi connectivity index (χ1v) is 8.46. The molecule has 3 heterocycles. The Bertz CT molecular complexity index is 763. The highest BCUT2D eigenvalue weighted by Gasteiger charge is 2.07. The van der Waals surface area contributed by atoms with Gasteiger partial charge in [-0.05, 0) is 40.5 Å². The number of nitrogens with one attached hydrogen (secondary N) is 1. The number of fused-ring (bicyclic) bond motifs is 1. The zero-order valence-electron chi connectivity index (χ0n) is 10.6. The average molecular weight is 367 g/mol. The average Bonchev–Trinajstić information content (AvgIpc) is 3.05. The van der Waals surface area contributed by atoms with Crippen molar-refractivity contribution in [1.82, 2.24) is 9.97 Å². The molecule has 0 aliphatic carbocycles. The lowest BCUT2D eigenvalue weighted by Crippen LogP contribution is -1.93. The molecule has 4 nitrogen and oxygen atoms in total. The van der Waals surface area contributed by atoms with Crippen molar-refractivity contribution in [1.29, 1.82) is 0 Å². The molecule has 0 saturated carbocycles. The van der Waals surface area contributed by atoms with Gasteiger partial charge in [0, 0.05) is 9.75 Å². The van der Waals surface area contributed by atoms with Crippen molar-refractivity contribution in [2.45, 2.75) is 13.3 Å². The molecule has 20 heavy (non-hydrogen) atoms. The number of rotatable bonds is 4. The van der Waals surface area contributed by atoms with Gasteiger partial charge in [0.2, 0.25) is 0 Å². The van der Waals surface area contributed by atoms with Crippen molar-refractivity contribution < 1.29 is 0 Å². The molecule has 3 aromatic rings. The van der Waals surface area contributed by atoms with E-state index < -0.39 is 0 Å². The van der Waals surface area contributed by atoms with Crippen molar-refractivity contribution in [2.75, 3.05) is 5.43 Å². The summed E-state index contributed by atoms with van der Waals surface area (Å²) < 4.78 is 1.09. The molecule has 0 bridgehead atoms. The number of thiophene rings is 2. The quantitative estimate of drug-likeness (QED) is 0.545. The van der Waals surface area contributed by atoms with Gasteiger partial charge < -0.3 is 0 Å². The van der Waals surface area contributed by atoms with E-state index in [1.807, 2.05) is 12.1 Å². The van der Waals surface area contributed by atoms with E-state index in [-0.39, 0.29) is 0 Å². The number of hydrogen-bond acceptors (Lipinski definition) is 6. The monoisotopic (exact) mass is 366 g/mol. The SMILES string of the molecule is CCc1cc2c(NN=Cc3ccc(Br)s3)ncnc2s1. The minimum atomic E-state index is 0.748. The fourth-order valence-electron chi connectivity index (χ4n) is 1.72. The summed E-state index contributed by atoms with van der Waals surface area (Å²) in [4.78, 5) is 11.9. The maximum absolute atomic E-state index is 4.29. The third kappa shape index (κ3) is 2.89. The number of hydrazone groups is 1. The van der Waals surface area contributed by atoms with Crippen LogP contribution in [0.15, 0.2) is 33.4 Å². The second kappa shape index (κ2) is 5.99. The fraction of sp³-hybridized carbons (Fsp3) is 0.154. The molecular weight excluding hydrogens is 356 g/mol. The van der Waals surface area contributed by atoms with E-state index in [2.05, 4.69) is 49.4 Å². The molecule has 0 atom stereocenters. The Balaban J connectivity index is 1.83. The highest BCUT2D eigenvalue weighted by molar-refractivity contribution is 9.11. The predicted octanol–water partition coefficient (Wildman–Crippen LogP) is 4.52. The molecule has 0 saturated heterocycles. The van der Waals surface area contributed by atoms with Gasteiger partial charge in [-0.25, -0.2) is 9.97 Å². The summed E-state index contributed by atoms with van der Waals surface area (Å²) in [5, 5.41) is 5.27. The lowest BCUT2D eigenvalue weighted by Gasteiger charge is -1.99. The van der Waals surface area contributed by atoms with Crippen LogP contribution in [0.5, 0.6) is 0 Å². The van der Waals surface area contributed by atoms with Crippen molar-refractivity contribution in [3.63, 3.8) is 0 Å². The molecule has 0 aliphatic heterocycles. The third-order valence-corrected chi connectivity index (χ3v) is 5.43. The third-order valence-electron chi connectivity index (χ3n) is 2.69. The van der Waals surface area contributed by atoms with Crippen molar-refractivity contribution in [3.05, 3.63) is 38.1 Å². The van der Waals surface area contributed by atoms with E-state index in [4.69, 9.17) is 0 Å². The maximum atomic E-state index is 4.29. The zero-order valence-corrected chi connectivity index (χ0v) is 13.8. The Morgan fingerprint density at radius 3 is 3.00 bits per heavy atom. The van der Waals surface area contributed by atoms with E-state index in [9.17, 15) is 0 Å². The largest absolute Gasteiger partial charge is 0.261 e. The lowest BCUT2D eigenvalue weighted by molar-refractivity contribution is 1.18. The van der Waals surface area contributed by atoms with Crippen LogP contribution in [0.1, 0.15) is 16.7 Å². The van der Waals surface area contributed by atoms with Crippen LogP contribution in [-0.2, 0) is 6.42 Å². The minimum Gasteiger partial charge on any atom is -0.261 e. The summed E-state index contributed by atoms with van der Waals surface area (Å²) >= 11 is 6.76. The molecule has 1 N–H and O–H groups in total. The van der Waals surface area contributed by atoms with Crippen LogP contribution in [0, 0.1) is 0 Å². The second-order valence-corrected chi connectivity index (χ2v) is 7.63. The second-order valence-electron chi connectivity index (χ2n) is 4.02. The zero-order chi connectivity index (χ0) is 13.9. The summed E-state index contributed by atoms with van der Waals surface area (Å²) in [5.41, 5.74) is 3.00. The Hall–Kier alpha value is -1.31. The van der Waals surface area contributed by atoms with Crippen LogP contribution >= 0.6 is 38.6 Å². The van der Waals surface area contributed by atoms with E-state index in [1.165, 1.54) is 4.88 Å². The van der Waals surface area contributed by atoms with Crippen LogP contribution in [0.4, 0.5) is 5.82 Å². The molecule has 0 aromatic carbocycles. The fourth-order valence-corrected chi connectivity index (χ4v) is 3.95. The van der Waals surface area contributed by atoms with Crippen molar-refractivity contribution >= 4 is 60.9 Å². The van der Waals surface area contributed by atoms with Crippen LogP contribution in [0.2, 0.25) is 0 Å². The normalized spacial score (nSPS) is 11.5. The molecule has 102 valence electrons. The Morgan fingerprint density at radius 1 is 1.35 bits per heavy atom. The molecule has 0 radical (unpaired) electrons. The summed E-state index contributed by atoms with van der Waals surface area (Å²) in [5.74, 6) is 0.748. The molecule has 0 fully saturated rings. The first-order chi connectivity index (χ1) is 9.76. The van der Waals surface area contributed by atoms with Gasteiger partial charge in [-0.15, -0.1) is 22.7 Å². The Morgan fingerprint density at radius 2 is 2.25 bits per heavy atom. The van der Waals surface area contributed by atoms with E-state index in [0.717, 1.165) is 31.1 Å². The molecule has 0 spiro atoms. The van der Waals surface area contributed by atoms with Gasteiger partial charge in [0.25, 0.3) is 0 Å². The molecule has 7 heteroatoms. The van der Waals surface area contributed by atoms with Crippen LogP contribution in [0.3, 0.4) is 0 Å². The Labute approximate surface area is 132 Å². The molecular formula is C13H11BrN4S2. The Kier molecular flexibility index (Phi) is 4.09. The number of aromatic nitrogens is 2. The standard InChI is InChI=1S/C13H11BrN4S2/c1-2-8-5-10-12(15-7-16-13(10)20-8)18-17-6-9-3-4-11(14)19-9/h3-7H,2H2,1H3,(H,15,16,18). The number of aryl methyl sites for hydroxylation is 1. The van der Waals surface area contributed by atoms with Gasteiger partial charge >= 0.3 is 0 Å². The number of anilines is 1. The van der Waals surface area contributed by atoms with E-state index >= 15 is 0 Å². The molecule has 0 aliphatic rings. The van der Waals surface area contributed by atoms with Gasteiger partial charge in [0.15, 0.2) is 5.82 Å². The number of halogens is 1. The molecule has 0 unspecified atom stereocenters. The van der Waals surface area contributed by atoms with Crippen LogP contribution < -0.4 is 5.43 Å². The van der Waals surface area contributed by atoms with Crippen LogP contribution in [0.25, 0.3) is 10.2 Å². The predicted molar refractivity (Wildman–Crippen MR) is 90.0 cm³/mol. The topological polar surface area (TPSA) is 50.2 Å². The van der Waals surface area contributed by atoms with Crippen molar-refractivity contribution in [3.8, 4) is 0 Å².